The van der Waals surface area contributed by atoms with Gasteiger partial charge in [0.05, 0.1) is 19.5 Å². The van der Waals surface area contributed by atoms with E-state index in [0.717, 1.165) is 49.5 Å². The summed E-state index contributed by atoms with van der Waals surface area (Å²) < 4.78 is 29.3. The summed E-state index contributed by atoms with van der Waals surface area (Å²) in [5.74, 6) is 1.72. The Morgan fingerprint density at radius 2 is 1.82 bits per heavy atom. The van der Waals surface area contributed by atoms with E-state index in [1.165, 1.54) is 31.9 Å². The summed E-state index contributed by atoms with van der Waals surface area (Å²) in [6.45, 7) is 1.30. The SMILES string of the molecule is C[N+](C(=O)CCC1CCCC1)(C1CCN(c2ccnc(S(C)(=O)=O)n2)CC1)C1CCc2ccc(OC(=O)O)cc21. The van der Waals surface area contributed by atoms with Crippen LogP contribution in [-0.2, 0) is 21.1 Å². The van der Waals surface area contributed by atoms with Crippen LogP contribution in [0.1, 0.15) is 75.0 Å². The highest BCUT2D eigenvalue weighted by Gasteiger charge is 2.50. The lowest BCUT2D eigenvalue weighted by molar-refractivity contribution is -0.892. The Morgan fingerprint density at radius 1 is 1.10 bits per heavy atom. The van der Waals surface area contributed by atoms with Gasteiger partial charge in [-0.25, -0.2) is 28.0 Å². The molecule has 1 N–H and O–H groups in total. The second-order valence-corrected chi connectivity index (χ2v) is 13.6. The van der Waals surface area contributed by atoms with Gasteiger partial charge in [-0.1, -0.05) is 31.7 Å². The fourth-order valence-electron chi connectivity index (χ4n) is 7.10. The summed E-state index contributed by atoms with van der Waals surface area (Å²) >= 11 is 0. The summed E-state index contributed by atoms with van der Waals surface area (Å²) in [5, 5.41) is 8.98. The zero-order chi connectivity index (χ0) is 28.5. The Kier molecular flexibility index (Phi) is 8.15. The summed E-state index contributed by atoms with van der Waals surface area (Å²) in [6, 6.07) is 7.15. The molecule has 1 aromatic carbocycles. The van der Waals surface area contributed by atoms with Crippen LogP contribution in [0.5, 0.6) is 5.75 Å². The lowest BCUT2D eigenvalue weighted by Gasteiger charge is -2.47. The van der Waals surface area contributed by atoms with Crippen LogP contribution in [-0.4, -0.2) is 72.5 Å². The molecule has 0 bridgehead atoms. The van der Waals surface area contributed by atoms with Crippen molar-refractivity contribution in [1.82, 2.24) is 9.97 Å². The number of carboxylic acid groups (broad SMARTS) is 1. The third-order valence-corrected chi connectivity index (χ3v) is 10.2. The minimum Gasteiger partial charge on any atom is -0.449 e. The highest BCUT2D eigenvalue weighted by atomic mass is 32.2. The first-order valence-corrected chi connectivity index (χ1v) is 16.2. The summed E-state index contributed by atoms with van der Waals surface area (Å²) in [5.41, 5.74) is 2.15. The molecular weight excluding hydrogens is 532 g/mol. The van der Waals surface area contributed by atoms with Crippen LogP contribution in [0.25, 0.3) is 0 Å². The normalized spacial score (nSPS) is 21.6. The number of carbonyl (C=O) groups excluding carboxylic acids is 1. The smallest absolute Gasteiger partial charge is 0.449 e. The number of piperidine rings is 1. The standard InChI is InChI=1S/C29H38N4O6S/c1-33(27(34)12-7-20-5-3-4-6-20,25-11-9-21-8-10-23(19-24(21)25)39-29(35)36)22-14-17-32(18-15-22)26-13-16-30-28(31-26)40(2,37)38/h8,10,13,16,19-20,22,25H,3-7,9,11-12,14-15,17-18H2,1-2H3/p+1. The average Bonchev–Trinajstić information content (AvgIpc) is 3.61. The van der Waals surface area contributed by atoms with Gasteiger partial charge in [0.1, 0.15) is 17.6 Å². The lowest BCUT2D eigenvalue weighted by atomic mass is 9.92. The van der Waals surface area contributed by atoms with Crippen molar-refractivity contribution in [2.45, 2.75) is 81.4 Å². The minimum absolute atomic E-state index is 0.0727. The molecule has 3 aliphatic rings. The zero-order valence-corrected chi connectivity index (χ0v) is 24.1. The number of hydrogen-bond acceptors (Lipinski definition) is 8. The first-order valence-electron chi connectivity index (χ1n) is 14.3. The number of sulfone groups is 1. The number of anilines is 1. The average molecular weight is 572 g/mol. The Bertz CT molecular complexity index is 1370. The molecule has 0 spiro atoms. The molecule has 0 radical (unpaired) electrons. The molecule has 2 aliphatic carbocycles. The maximum absolute atomic E-state index is 14.2. The van der Waals surface area contributed by atoms with Crippen LogP contribution in [0.3, 0.4) is 0 Å². The Hall–Kier alpha value is -3.05. The highest BCUT2D eigenvalue weighted by Crippen LogP contribution is 2.45. The van der Waals surface area contributed by atoms with E-state index in [4.69, 9.17) is 9.84 Å². The fraction of sp³-hybridized carbons (Fsp3) is 0.586. The van der Waals surface area contributed by atoms with E-state index in [0.29, 0.717) is 35.7 Å². The number of aromatic nitrogens is 2. The van der Waals surface area contributed by atoms with Crippen molar-refractivity contribution < 1.29 is 32.3 Å². The van der Waals surface area contributed by atoms with Gasteiger partial charge in [-0.3, -0.25) is 4.48 Å². The first kappa shape index (κ1) is 28.5. The van der Waals surface area contributed by atoms with Crippen LogP contribution in [0.15, 0.2) is 35.6 Å². The van der Waals surface area contributed by atoms with Crippen molar-refractivity contribution in [2.75, 3.05) is 31.3 Å². The molecule has 11 heteroatoms. The van der Waals surface area contributed by atoms with Crippen LogP contribution in [0.2, 0.25) is 0 Å². The zero-order valence-electron chi connectivity index (χ0n) is 23.3. The van der Waals surface area contributed by atoms with Gasteiger partial charge in [-0.05, 0) is 42.5 Å². The number of fused-ring (bicyclic) bond motifs is 1. The van der Waals surface area contributed by atoms with E-state index in [-0.39, 0.29) is 28.9 Å². The second-order valence-electron chi connectivity index (χ2n) is 11.7. The number of aryl methyl sites for hydroxylation is 1. The maximum atomic E-state index is 14.2. The molecule has 40 heavy (non-hydrogen) atoms. The molecule has 1 saturated heterocycles. The molecule has 2 unspecified atom stereocenters. The van der Waals surface area contributed by atoms with Gasteiger partial charge in [0.2, 0.25) is 15.0 Å². The lowest BCUT2D eigenvalue weighted by Crippen LogP contribution is -2.60. The van der Waals surface area contributed by atoms with E-state index < -0.39 is 16.0 Å². The Labute approximate surface area is 235 Å². The molecule has 2 heterocycles. The van der Waals surface area contributed by atoms with E-state index in [1.54, 1.807) is 12.1 Å². The van der Waals surface area contributed by atoms with Crippen LogP contribution in [0, 0.1) is 5.92 Å². The van der Waals surface area contributed by atoms with Gasteiger partial charge < -0.3 is 14.7 Å². The largest absolute Gasteiger partial charge is 0.511 e. The van der Waals surface area contributed by atoms with Crippen molar-refractivity contribution >= 4 is 27.7 Å². The van der Waals surface area contributed by atoms with Crippen molar-refractivity contribution in [3.8, 4) is 5.75 Å². The molecule has 10 nitrogen and oxygen atoms in total. The van der Waals surface area contributed by atoms with Gasteiger partial charge in [0, 0.05) is 50.4 Å². The van der Waals surface area contributed by atoms with Gasteiger partial charge in [-0.2, -0.15) is 0 Å². The molecule has 2 atom stereocenters. The first-order chi connectivity index (χ1) is 19.1. The van der Waals surface area contributed by atoms with Crippen molar-refractivity contribution in [1.29, 1.82) is 0 Å². The predicted molar refractivity (Wildman–Crippen MR) is 149 cm³/mol. The molecule has 2 aromatic rings. The fourth-order valence-corrected chi connectivity index (χ4v) is 7.61. The number of rotatable bonds is 8. The molecular formula is C29H39N4O6S+. The number of ether oxygens (including phenoxy) is 1. The van der Waals surface area contributed by atoms with E-state index in [1.807, 2.05) is 12.1 Å². The number of amides is 1. The molecule has 1 amide bonds. The minimum atomic E-state index is -3.52. The van der Waals surface area contributed by atoms with Gasteiger partial charge in [-0.15, -0.1) is 0 Å². The molecule has 216 valence electrons. The molecule has 1 aromatic heterocycles. The van der Waals surface area contributed by atoms with Crippen LogP contribution < -0.4 is 9.64 Å². The summed E-state index contributed by atoms with van der Waals surface area (Å²) in [7, 11) is -1.44. The molecule has 1 saturated carbocycles. The predicted octanol–water partition coefficient (Wildman–Crippen LogP) is 4.54. The number of quaternary nitrogens is 1. The summed E-state index contributed by atoms with van der Waals surface area (Å²) in [4.78, 5) is 35.7. The topological polar surface area (TPSA) is 127 Å². The second kappa shape index (κ2) is 11.4. The Morgan fingerprint density at radius 3 is 2.50 bits per heavy atom. The molecule has 1 aliphatic heterocycles. The van der Waals surface area contributed by atoms with Gasteiger partial charge in [0.15, 0.2) is 0 Å². The van der Waals surface area contributed by atoms with E-state index in [9.17, 15) is 18.0 Å². The van der Waals surface area contributed by atoms with Crippen molar-refractivity contribution in [2.24, 2.45) is 5.92 Å². The number of carbonyl (C=O) groups is 2. The van der Waals surface area contributed by atoms with Gasteiger partial charge >= 0.3 is 12.1 Å². The van der Waals surface area contributed by atoms with Gasteiger partial charge in [0.25, 0.3) is 0 Å². The number of hydrogen-bond donors (Lipinski definition) is 1. The molecule has 2 fully saturated rings. The van der Waals surface area contributed by atoms with Crippen LogP contribution in [0.4, 0.5) is 10.6 Å². The monoisotopic (exact) mass is 571 g/mol. The van der Waals surface area contributed by atoms with Crippen molar-refractivity contribution in [3.05, 3.63) is 41.6 Å². The highest BCUT2D eigenvalue weighted by molar-refractivity contribution is 7.90. The Balaban J connectivity index is 1.40. The maximum Gasteiger partial charge on any atom is 0.511 e. The molecule has 5 rings (SSSR count). The van der Waals surface area contributed by atoms with E-state index >= 15 is 0 Å². The number of nitrogens with zero attached hydrogens (tertiary/aromatic N) is 4. The third kappa shape index (κ3) is 5.85. The quantitative estimate of drug-likeness (QED) is 0.210. The third-order valence-electron chi connectivity index (χ3n) is 9.29. The van der Waals surface area contributed by atoms with Crippen molar-refractivity contribution in [3.63, 3.8) is 0 Å². The summed E-state index contributed by atoms with van der Waals surface area (Å²) in [6.07, 6.45) is 10.7. The van der Waals surface area contributed by atoms with E-state index in [2.05, 4.69) is 21.9 Å². The van der Waals surface area contributed by atoms with Crippen LogP contribution >= 0.6 is 0 Å². The number of benzene rings is 1.